The molecule has 0 saturated carbocycles. The first-order chi connectivity index (χ1) is 8.21. The highest BCUT2D eigenvalue weighted by molar-refractivity contribution is 5.94. The summed E-state index contributed by atoms with van der Waals surface area (Å²) in [5.41, 5.74) is 1.23. The molecule has 0 aliphatic rings. The summed E-state index contributed by atoms with van der Waals surface area (Å²) < 4.78 is 4.86. The van der Waals surface area contributed by atoms with Gasteiger partial charge in [-0.15, -0.1) is 0 Å². The van der Waals surface area contributed by atoms with E-state index in [4.69, 9.17) is 14.9 Å². The lowest BCUT2D eigenvalue weighted by molar-refractivity contribution is 0.0839. The van der Waals surface area contributed by atoms with Crippen molar-refractivity contribution in [2.75, 3.05) is 20.3 Å². The molecule has 0 aromatic heterocycles. The molecule has 1 rings (SSSR count). The normalized spacial score (nSPS) is 12.2. The Labute approximate surface area is 100 Å². The molecule has 1 atom stereocenters. The molecule has 0 saturated heterocycles. The number of amides is 1. The molecule has 0 radical (unpaired) electrons. The number of aliphatic hydroxyl groups excluding tert-OH is 2. The Morgan fingerprint density at radius 2 is 2.00 bits per heavy atom. The highest BCUT2D eigenvalue weighted by Crippen LogP contribution is 2.04. The van der Waals surface area contributed by atoms with Crippen LogP contribution in [0.25, 0.3) is 0 Å². The summed E-state index contributed by atoms with van der Waals surface area (Å²) in [7, 11) is 1.50. The van der Waals surface area contributed by atoms with E-state index in [1.165, 1.54) is 7.11 Å². The summed E-state index contributed by atoms with van der Waals surface area (Å²) in [4.78, 5) is 11.7. The predicted octanol–water partition coefficient (Wildman–Crippen LogP) is -0.0840. The van der Waals surface area contributed by atoms with Gasteiger partial charge in [0.25, 0.3) is 5.91 Å². The molecule has 0 fully saturated rings. The number of nitrogens with one attached hydrogen (secondary N) is 1. The SMILES string of the molecule is COCC(CO)NC(=O)c1ccc(CO)cc1. The minimum atomic E-state index is -0.412. The standard InChI is InChI=1S/C12H17NO4/c1-17-8-11(7-15)13-12(16)10-4-2-9(6-14)3-5-10/h2-5,11,14-15H,6-8H2,1H3,(H,13,16). The first-order valence-corrected chi connectivity index (χ1v) is 5.31. The fourth-order valence-corrected chi connectivity index (χ4v) is 1.37. The molecule has 1 aromatic carbocycles. The van der Waals surface area contributed by atoms with Crippen LogP contribution < -0.4 is 5.32 Å². The van der Waals surface area contributed by atoms with Crippen molar-refractivity contribution in [3.8, 4) is 0 Å². The van der Waals surface area contributed by atoms with Gasteiger partial charge in [-0.05, 0) is 17.7 Å². The number of aliphatic hydroxyl groups is 2. The van der Waals surface area contributed by atoms with Crippen molar-refractivity contribution in [2.45, 2.75) is 12.6 Å². The molecule has 5 nitrogen and oxygen atoms in total. The third kappa shape index (κ3) is 4.14. The fourth-order valence-electron chi connectivity index (χ4n) is 1.37. The predicted molar refractivity (Wildman–Crippen MR) is 62.6 cm³/mol. The van der Waals surface area contributed by atoms with E-state index >= 15 is 0 Å². The quantitative estimate of drug-likeness (QED) is 0.648. The second-order valence-electron chi connectivity index (χ2n) is 3.66. The van der Waals surface area contributed by atoms with E-state index in [0.717, 1.165) is 5.56 Å². The maximum atomic E-state index is 11.7. The Balaban J connectivity index is 2.62. The van der Waals surface area contributed by atoms with Crippen molar-refractivity contribution >= 4 is 5.91 Å². The van der Waals surface area contributed by atoms with Gasteiger partial charge in [0.2, 0.25) is 0 Å². The van der Waals surface area contributed by atoms with Gasteiger partial charge in [-0.3, -0.25) is 4.79 Å². The lowest BCUT2D eigenvalue weighted by Crippen LogP contribution is -2.40. The molecule has 0 aliphatic heterocycles. The topological polar surface area (TPSA) is 78.8 Å². The van der Waals surface area contributed by atoms with Crippen LogP contribution in [0.1, 0.15) is 15.9 Å². The zero-order chi connectivity index (χ0) is 12.7. The molecular weight excluding hydrogens is 222 g/mol. The highest BCUT2D eigenvalue weighted by atomic mass is 16.5. The number of ether oxygens (including phenoxy) is 1. The summed E-state index contributed by atoms with van der Waals surface area (Å²) in [6, 6.07) is 6.20. The van der Waals surface area contributed by atoms with E-state index < -0.39 is 6.04 Å². The monoisotopic (exact) mass is 239 g/mol. The number of rotatable bonds is 6. The summed E-state index contributed by atoms with van der Waals surface area (Å²) in [5.74, 6) is -0.273. The third-order valence-corrected chi connectivity index (χ3v) is 2.32. The van der Waals surface area contributed by atoms with Gasteiger partial charge in [0.1, 0.15) is 0 Å². The number of carbonyl (C=O) groups is 1. The Bertz CT molecular complexity index is 350. The zero-order valence-electron chi connectivity index (χ0n) is 9.72. The molecule has 1 amide bonds. The maximum Gasteiger partial charge on any atom is 0.251 e. The molecule has 0 spiro atoms. The van der Waals surface area contributed by atoms with Crippen LogP contribution in [0, 0.1) is 0 Å². The van der Waals surface area contributed by atoms with Gasteiger partial charge >= 0.3 is 0 Å². The number of hydrogen-bond donors (Lipinski definition) is 3. The number of hydrogen-bond acceptors (Lipinski definition) is 4. The summed E-state index contributed by atoms with van der Waals surface area (Å²) in [6.07, 6.45) is 0. The van der Waals surface area contributed by atoms with E-state index in [1.54, 1.807) is 24.3 Å². The minimum absolute atomic E-state index is 0.0508. The average Bonchev–Trinajstić information content (AvgIpc) is 2.38. The Morgan fingerprint density at radius 3 is 2.47 bits per heavy atom. The van der Waals surface area contributed by atoms with E-state index in [0.29, 0.717) is 5.56 Å². The van der Waals surface area contributed by atoms with E-state index in [1.807, 2.05) is 0 Å². The molecular formula is C12H17NO4. The Kier molecular flexibility index (Phi) is 5.62. The van der Waals surface area contributed by atoms with Crippen LogP contribution in [-0.2, 0) is 11.3 Å². The molecule has 1 unspecified atom stereocenters. The molecule has 0 heterocycles. The van der Waals surface area contributed by atoms with Crippen molar-refractivity contribution in [3.05, 3.63) is 35.4 Å². The highest BCUT2D eigenvalue weighted by Gasteiger charge is 2.12. The smallest absolute Gasteiger partial charge is 0.251 e. The van der Waals surface area contributed by atoms with E-state index in [-0.39, 0.29) is 25.7 Å². The second-order valence-corrected chi connectivity index (χ2v) is 3.66. The first-order valence-electron chi connectivity index (χ1n) is 5.31. The van der Waals surface area contributed by atoms with E-state index in [2.05, 4.69) is 5.32 Å². The molecule has 0 bridgehead atoms. The molecule has 0 aliphatic carbocycles. The zero-order valence-corrected chi connectivity index (χ0v) is 9.72. The van der Waals surface area contributed by atoms with Crippen LogP contribution >= 0.6 is 0 Å². The van der Waals surface area contributed by atoms with Gasteiger partial charge in [0.15, 0.2) is 0 Å². The largest absolute Gasteiger partial charge is 0.394 e. The Hall–Kier alpha value is -1.43. The average molecular weight is 239 g/mol. The van der Waals surface area contributed by atoms with Gasteiger partial charge in [0.05, 0.1) is 25.9 Å². The molecule has 3 N–H and O–H groups in total. The van der Waals surface area contributed by atoms with Crippen LogP contribution in [0.5, 0.6) is 0 Å². The number of benzene rings is 1. The van der Waals surface area contributed by atoms with Crippen LogP contribution in [0.2, 0.25) is 0 Å². The molecule has 5 heteroatoms. The molecule has 94 valence electrons. The van der Waals surface area contributed by atoms with Crippen LogP contribution in [0.3, 0.4) is 0 Å². The van der Waals surface area contributed by atoms with Gasteiger partial charge in [-0.1, -0.05) is 12.1 Å². The van der Waals surface area contributed by atoms with Gasteiger partial charge in [0, 0.05) is 12.7 Å². The van der Waals surface area contributed by atoms with Gasteiger partial charge in [-0.2, -0.15) is 0 Å². The van der Waals surface area contributed by atoms with Crippen molar-refractivity contribution in [3.63, 3.8) is 0 Å². The van der Waals surface area contributed by atoms with Gasteiger partial charge < -0.3 is 20.3 Å². The van der Waals surface area contributed by atoms with Crippen molar-refractivity contribution in [2.24, 2.45) is 0 Å². The summed E-state index contributed by atoms with van der Waals surface area (Å²) >= 11 is 0. The third-order valence-electron chi connectivity index (χ3n) is 2.32. The van der Waals surface area contributed by atoms with E-state index in [9.17, 15) is 4.79 Å². The van der Waals surface area contributed by atoms with Crippen molar-refractivity contribution in [1.29, 1.82) is 0 Å². The lowest BCUT2D eigenvalue weighted by atomic mass is 10.1. The summed E-state index contributed by atoms with van der Waals surface area (Å²) in [5, 5.41) is 20.5. The summed E-state index contributed by atoms with van der Waals surface area (Å²) in [6.45, 7) is 0.0378. The van der Waals surface area contributed by atoms with Crippen LogP contribution in [-0.4, -0.2) is 42.5 Å². The second kappa shape index (κ2) is 7.01. The number of methoxy groups -OCH3 is 1. The van der Waals surface area contributed by atoms with Crippen molar-refractivity contribution in [1.82, 2.24) is 5.32 Å². The minimum Gasteiger partial charge on any atom is -0.394 e. The van der Waals surface area contributed by atoms with Crippen molar-refractivity contribution < 1.29 is 19.7 Å². The fraction of sp³-hybridized carbons (Fsp3) is 0.417. The maximum absolute atomic E-state index is 11.7. The lowest BCUT2D eigenvalue weighted by Gasteiger charge is -2.15. The molecule has 1 aromatic rings. The number of carbonyl (C=O) groups excluding carboxylic acids is 1. The van der Waals surface area contributed by atoms with Crippen LogP contribution in [0.15, 0.2) is 24.3 Å². The van der Waals surface area contributed by atoms with Crippen LogP contribution in [0.4, 0.5) is 0 Å². The first kappa shape index (κ1) is 13.6. The molecule has 17 heavy (non-hydrogen) atoms. The Morgan fingerprint density at radius 1 is 1.35 bits per heavy atom. The van der Waals surface area contributed by atoms with Gasteiger partial charge in [-0.25, -0.2) is 0 Å².